The number of hydrogen-bond donors (Lipinski definition) is 2. The van der Waals surface area contributed by atoms with Crippen LogP contribution in [0.3, 0.4) is 0 Å². The lowest BCUT2D eigenvalue weighted by Gasteiger charge is -2.20. The molecule has 1 aliphatic rings. The summed E-state index contributed by atoms with van der Waals surface area (Å²) in [5, 5.41) is 5.76. The number of benzene rings is 2. The van der Waals surface area contributed by atoms with Crippen LogP contribution in [0.1, 0.15) is 30.2 Å². The number of halogens is 3. The zero-order chi connectivity index (χ0) is 28.0. The molecule has 4 heterocycles. The summed E-state index contributed by atoms with van der Waals surface area (Å²) in [6.45, 7) is 3.82. The van der Waals surface area contributed by atoms with E-state index in [1.165, 1.54) is 13.3 Å². The van der Waals surface area contributed by atoms with Gasteiger partial charge in [-0.15, -0.1) is 0 Å². The second-order valence-corrected chi connectivity index (χ2v) is 9.57. The number of anilines is 3. The third kappa shape index (κ3) is 4.95. The van der Waals surface area contributed by atoms with E-state index in [-0.39, 0.29) is 11.6 Å². The number of aromatic nitrogens is 5. The van der Waals surface area contributed by atoms with Crippen LogP contribution in [0.25, 0.3) is 16.7 Å². The van der Waals surface area contributed by atoms with E-state index in [9.17, 15) is 18.0 Å². The van der Waals surface area contributed by atoms with E-state index >= 15 is 0 Å². The number of aryl methyl sites for hydroxylation is 3. The van der Waals surface area contributed by atoms with Gasteiger partial charge in [0.1, 0.15) is 17.3 Å². The lowest BCUT2D eigenvalue weighted by atomic mass is 10.0. The first-order chi connectivity index (χ1) is 19.1. The highest BCUT2D eigenvalue weighted by Gasteiger charge is 2.32. The van der Waals surface area contributed by atoms with Gasteiger partial charge in [0.05, 0.1) is 28.6 Å². The summed E-state index contributed by atoms with van der Waals surface area (Å²) in [6, 6.07) is 10.8. The lowest BCUT2D eigenvalue weighted by Crippen LogP contribution is -2.12. The quantitative estimate of drug-likeness (QED) is 0.256. The van der Waals surface area contributed by atoms with Crippen molar-refractivity contribution < 1.29 is 22.7 Å². The lowest BCUT2D eigenvalue weighted by molar-refractivity contribution is -0.137. The molecule has 1 aliphatic heterocycles. The predicted octanol–water partition coefficient (Wildman–Crippen LogP) is 6.38. The summed E-state index contributed by atoms with van der Waals surface area (Å²) < 4.78 is 51.0. The number of nitrogens with zero attached hydrogens (tertiary/aromatic N) is 5. The van der Waals surface area contributed by atoms with Gasteiger partial charge < -0.3 is 24.5 Å². The van der Waals surface area contributed by atoms with Crippen LogP contribution >= 0.6 is 0 Å². The summed E-state index contributed by atoms with van der Waals surface area (Å²) in [6.07, 6.45) is 1.71. The minimum atomic E-state index is -4.53. The van der Waals surface area contributed by atoms with Crippen LogP contribution in [0.15, 0.2) is 61.2 Å². The number of carbonyl (C=O) groups excluding carboxylic acids is 1. The average molecular weight is 548 g/mol. The van der Waals surface area contributed by atoms with Gasteiger partial charge in [-0.25, -0.2) is 15.0 Å². The van der Waals surface area contributed by atoms with Crippen molar-refractivity contribution >= 4 is 34.4 Å². The first-order valence-electron chi connectivity index (χ1n) is 12.6. The van der Waals surface area contributed by atoms with Gasteiger partial charge in [0.15, 0.2) is 0 Å². The van der Waals surface area contributed by atoms with Crippen molar-refractivity contribution in [2.24, 2.45) is 0 Å². The molecule has 6 rings (SSSR count). The molecule has 0 saturated carbocycles. The summed E-state index contributed by atoms with van der Waals surface area (Å²) in [5.74, 6) is 1.73. The van der Waals surface area contributed by atoms with Crippen LogP contribution in [0, 0.1) is 6.92 Å². The van der Waals surface area contributed by atoms with E-state index < -0.39 is 11.7 Å². The summed E-state index contributed by atoms with van der Waals surface area (Å²) >= 11 is 0. The molecule has 0 atom stereocenters. The van der Waals surface area contributed by atoms with Gasteiger partial charge in [-0.3, -0.25) is 4.79 Å². The molecule has 5 aromatic rings. The zero-order valence-electron chi connectivity index (χ0n) is 21.6. The maximum Gasteiger partial charge on any atom is 0.416 e. The molecule has 0 spiro atoms. The fourth-order valence-corrected chi connectivity index (χ4v) is 4.88. The van der Waals surface area contributed by atoms with E-state index in [1.54, 1.807) is 42.1 Å². The smallest absolute Gasteiger partial charge is 0.416 e. The van der Waals surface area contributed by atoms with Crippen molar-refractivity contribution in [1.82, 2.24) is 24.1 Å². The monoisotopic (exact) mass is 547 g/mol. The second-order valence-electron chi connectivity index (χ2n) is 9.57. The van der Waals surface area contributed by atoms with Crippen LogP contribution in [-0.2, 0) is 23.9 Å². The number of pyridine rings is 1. The third-order valence-electron chi connectivity index (χ3n) is 6.55. The maximum atomic E-state index is 13.8. The molecule has 204 valence electrons. The number of ether oxygens (including phenoxy) is 1. The fraction of sp³-hybridized carbons (Fsp3) is 0.214. The number of nitrogens with one attached hydrogen (secondary N) is 2. The van der Waals surface area contributed by atoms with Crippen molar-refractivity contribution in [2.75, 3.05) is 10.6 Å². The molecule has 0 aliphatic carbocycles. The number of imidazole rings is 2. The molecule has 0 radical (unpaired) electrons. The second kappa shape index (κ2) is 9.70. The van der Waals surface area contributed by atoms with Crippen molar-refractivity contribution in [3.63, 3.8) is 0 Å². The first-order valence-corrected chi connectivity index (χ1v) is 12.6. The Hall–Kier alpha value is -4.87. The van der Waals surface area contributed by atoms with Crippen LogP contribution < -0.4 is 15.4 Å². The molecule has 3 aromatic heterocycles. The Kier molecular flexibility index (Phi) is 6.16. The van der Waals surface area contributed by atoms with Gasteiger partial charge in [-0.1, -0.05) is 0 Å². The predicted molar refractivity (Wildman–Crippen MR) is 143 cm³/mol. The first kappa shape index (κ1) is 25.4. The van der Waals surface area contributed by atoms with Gasteiger partial charge in [-0.2, -0.15) is 13.2 Å². The van der Waals surface area contributed by atoms with Crippen molar-refractivity contribution in [2.45, 2.75) is 39.4 Å². The standard InChI is InChI=1S/C28H24F3N7O2/c1-16-14-37(15-33-16)20-11-18(28(29,30)31)10-19(12-20)35-27-36-23-5-6-24(22-4-3-9-38(27)26(22)23)40-21-7-8-32-25(13-21)34-17(2)39/h5-8,10-15H,3-4,9H2,1-2H3,(H,35,36)(H,32,34,39). The summed E-state index contributed by atoms with van der Waals surface area (Å²) in [4.78, 5) is 24.4. The minimum Gasteiger partial charge on any atom is -0.457 e. The largest absolute Gasteiger partial charge is 0.457 e. The van der Waals surface area contributed by atoms with Crippen molar-refractivity contribution in [3.05, 3.63) is 78.0 Å². The topological polar surface area (TPSA) is 98.9 Å². The van der Waals surface area contributed by atoms with Gasteiger partial charge in [0, 0.05) is 48.9 Å². The molecule has 0 saturated heterocycles. The summed E-state index contributed by atoms with van der Waals surface area (Å²) in [7, 11) is 0. The molecular formula is C28H24F3N7O2. The van der Waals surface area contributed by atoms with E-state index in [4.69, 9.17) is 9.72 Å². The van der Waals surface area contributed by atoms with Crippen LogP contribution in [0.2, 0.25) is 0 Å². The highest BCUT2D eigenvalue weighted by Crippen LogP contribution is 2.39. The SMILES string of the molecule is CC(=O)Nc1cc(Oc2ccc3nc(Nc4cc(-n5cnc(C)c5)cc(C(F)(F)F)c4)n4c3c2CCC4)ccn1. The van der Waals surface area contributed by atoms with Gasteiger partial charge in [-0.05, 0) is 56.2 Å². The fourth-order valence-electron chi connectivity index (χ4n) is 4.88. The molecule has 12 heteroatoms. The summed E-state index contributed by atoms with van der Waals surface area (Å²) in [5.41, 5.74) is 3.02. The Balaban J connectivity index is 1.37. The van der Waals surface area contributed by atoms with Crippen LogP contribution in [0.5, 0.6) is 11.5 Å². The third-order valence-corrected chi connectivity index (χ3v) is 6.55. The van der Waals surface area contributed by atoms with E-state index in [0.717, 1.165) is 36.1 Å². The van der Waals surface area contributed by atoms with E-state index in [0.29, 0.717) is 46.7 Å². The minimum absolute atomic E-state index is 0.238. The Bertz CT molecular complexity index is 1760. The normalized spacial score (nSPS) is 12.9. The number of carbonyl (C=O) groups is 1. The van der Waals surface area contributed by atoms with Gasteiger partial charge in [0.25, 0.3) is 0 Å². The van der Waals surface area contributed by atoms with Crippen molar-refractivity contribution in [1.29, 1.82) is 0 Å². The van der Waals surface area contributed by atoms with Gasteiger partial charge in [0.2, 0.25) is 11.9 Å². The maximum absolute atomic E-state index is 13.8. The Labute approximate surface area is 226 Å². The molecule has 0 unspecified atom stereocenters. The molecule has 2 aromatic carbocycles. The van der Waals surface area contributed by atoms with E-state index in [1.807, 2.05) is 16.7 Å². The Morgan fingerprint density at radius 2 is 1.95 bits per heavy atom. The number of rotatable bonds is 6. The van der Waals surface area contributed by atoms with Gasteiger partial charge >= 0.3 is 6.18 Å². The molecule has 9 nitrogen and oxygen atoms in total. The molecule has 40 heavy (non-hydrogen) atoms. The molecule has 2 N–H and O–H groups in total. The number of hydrogen-bond acceptors (Lipinski definition) is 6. The highest BCUT2D eigenvalue weighted by molar-refractivity contribution is 5.88. The molecular weight excluding hydrogens is 523 g/mol. The number of alkyl halides is 3. The molecule has 0 bridgehead atoms. The van der Waals surface area contributed by atoms with Crippen LogP contribution in [-0.4, -0.2) is 30.0 Å². The van der Waals surface area contributed by atoms with E-state index in [2.05, 4.69) is 20.6 Å². The van der Waals surface area contributed by atoms with Crippen LogP contribution in [0.4, 0.5) is 30.6 Å². The Morgan fingerprint density at radius 1 is 1.10 bits per heavy atom. The van der Waals surface area contributed by atoms with Crippen molar-refractivity contribution in [3.8, 4) is 17.2 Å². The zero-order valence-corrected chi connectivity index (χ0v) is 21.6. The highest BCUT2D eigenvalue weighted by atomic mass is 19.4. The average Bonchev–Trinajstić information content (AvgIpc) is 3.49. The molecule has 1 amide bonds. The Morgan fingerprint density at radius 3 is 2.70 bits per heavy atom. The number of amides is 1. The molecule has 0 fully saturated rings.